The first-order chi connectivity index (χ1) is 5.02. The first kappa shape index (κ1) is 12.9. The number of nitrogens with two attached hydrogens (primary N) is 1. The Morgan fingerprint density at radius 2 is 1.75 bits per heavy atom. The molecule has 1 rings (SSSR count). The van der Waals surface area contributed by atoms with E-state index in [1.54, 1.807) is 0 Å². The number of hydrogen-bond donors (Lipinski definition) is 1. The molecule has 1 aliphatic rings. The van der Waals surface area contributed by atoms with E-state index in [2.05, 4.69) is 0 Å². The van der Waals surface area contributed by atoms with Crippen LogP contribution in [0.15, 0.2) is 0 Å². The molecule has 0 radical (unpaired) electrons. The summed E-state index contributed by atoms with van der Waals surface area (Å²) in [6.07, 6.45) is 2.84. The van der Waals surface area contributed by atoms with Crippen LogP contribution in [0.4, 0.5) is 0 Å². The summed E-state index contributed by atoms with van der Waals surface area (Å²) >= 11 is 0. The van der Waals surface area contributed by atoms with E-state index in [-0.39, 0.29) is 29.6 Å². The van der Waals surface area contributed by atoms with Crippen molar-refractivity contribution < 1.29 is 42.5 Å². The average Bonchev–Trinajstić information content (AvgIpc) is 1.86. The summed E-state index contributed by atoms with van der Waals surface area (Å²) in [5.74, 6) is 0. The molecule has 0 aliphatic heterocycles. The number of hydrogen-bond acceptors (Lipinski definition) is 4. The van der Waals surface area contributed by atoms with Crippen molar-refractivity contribution in [3.8, 4) is 0 Å². The van der Waals surface area contributed by atoms with Gasteiger partial charge in [0.15, 0.2) is 0 Å². The SMILES string of the molecule is N[C@H]1CCCC[C@@H]1S(=O)(=O)[O-].[Na+]. The topological polar surface area (TPSA) is 83.2 Å². The normalized spacial score (nSPS) is 30.8. The third-order valence-electron chi connectivity index (χ3n) is 2.12. The van der Waals surface area contributed by atoms with Crippen molar-refractivity contribution >= 4 is 10.1 Å². The van der Waals surface area contributed by atoms with Gasteiger partial charge in [-0.25, -0.2) is 8.42 Å². The molecule has 0 bridgehead atoms. The molecule has 0 aromatic rings. The van der Waals surface area contributed by atoms with Gasteiger partial charge in [0.25, 0.3) is 0 Å². The first-order valence-corrected chi connectivity index (χ1v) is 5.19. The van der Waals surface area contributed by atoms with Crippen LogP contribution in [0.5, 0.6) is 0 Å². The van der Waals surface area contributed by atoms with E-state index >= 15 is 0 Å². The minimum absolute atomic E-state index is 0. The van der Waals surface area contributed by atoms with Gasteiger partial charge in [0, 0.05) is 6.04 Å². The second-order valence-corrected chi connectivity index (χ2v) is 4.57. The van der Waals surface area contributed by atoms with E-state index in [4.69, 9.17) is 5.73 Å². The van der Waals surface area contributed by atoms with Crippen LogP contribution in [0.2, 0.25) is 0 Å². The van der Waals surface area contributed by atoms with Crippen molar-refractivity contribution in [2.24, 2.45) is 5.73 Å². The minimum atomic E-state index is -4.15. The van der Waals surface area contributed by atoms with Crippen LogP contribution < -0.4 is 35.3 Å². The summed E-state index contributed by atoms with van der Waals surface area (Å²) in [5.41, 5.74) is 5.49. The molecule has 4 nitrogen and oxygen atoms in total. The Kier molecular flexibility index (Phi) is 5.29. The van der Waals surface area contributed by atoms with Crippen molar-refractivity contribution in [1.29, 1.82) is 0 Å². The molecule has 6 heteroatoms. The molecular weight excluding hydrogens is 189 g/mol. The fourth-order valence-corrected chi connectivity index (χ4v) is 2.50. The largest absolute Gasteiger partial charge is 1.00 e. The molecule has 1 saturated carbocycles. The molecular formula is C6H12NNaO3S. The summed E-state index contributed by atoms with van der Waals surface area (Å²) in [6.45, 7) is 0. The molecule has 0 saturated heterocycles. The zero-order valence-corrected chi connectivity index (χ0v) is 10.0. The molecule has 0 spiro atoms. The molecule has 0 aromatic carbocycles. The van der Waals surface area contributed by atoms with Crippen LogP contribution in [0.3, 0.4) is 0 Å². The van der Waals surface area contributed by atoms with Gasteiger partial charge in [-0.05, 0) is 12.8 Å². The van der Waals surface area contributed by atoms with Gasteiger partial charge in [-0.2, -0.15) is 0 Å². The molecule has 1 aliphatic carbocycles. The predicted molar refractivity (Wildman–Crippen MR) is 39.9 cm³/mol. The second-order valence-electron chi connectivity index (χ2n) is 2.98. The average molecular weight is 201 g/mol. The smallest absolute Gasteiger partial charge is 0.748 e. The Hall–Kier alpha value is 0.870. The number of rotatable bonds is 1. The van der Waals surface area contributed by atoms with Crippen LogP contribution in [0.25, 0.3) is 0 Å². The Labute approximate surface area is 94.9 Å². The van der Waals surface area contributed by atoms with Gasteiger partial charge >= 0.3 is 29.6 Å². The summed E-state index contributed by atoms with van der Waals surface area (Å²) < 4.78 is 31.7. The molecule has 0 amide bonds. The van der Waals surface area contributed by atoms with Crippen molar-refractivity contribution in [2.45, 2.75) is 37.0 Å². The molecule has 12 heavy (non-hydrogen) atoms. The molecule has 2 atom stereocenters. The zero-order chi connectivity index (χ0) is 8.48. The fraction of sp³-hybridized carbons (Fsp3) is 1.00. The van der Waals surface area contributed by atoms with Crippen LogP contribution in [-0.4, -0.2) is 24.3 Å². The molecule has 1 fully saturated rings. The van der Waals surface area contributed by atoms with E-state index in [1.165, 1.54) is 0 Å². The third kappa shape index (κ3) is 3.32. The molecule has 0 aromatic heterocycles. The molecule has 2 N–H and O–H groups in total. The van der Waals surface area contributed by atoms with E-state index < -0.39 is 21.4 Å². The maximum atomic E-state index is 10.6. The summed E-state index contributed by atoms with van der Waals surface area (Å²) in [5, 5.41) is -0.837. The van der Waals surface area contributed by atoms with Crippen LogP contribution in [0, 0.1) is 0 Å². The Balaban J connectivity index is 0.00000121. The monoisotopic (exact) mass is 201 g/mol. The molecule has 66 valence electrons. The van der Waals surface area contributed by atoms with Crippen molar-refractivity contribution in [3.63, 3.8) is 0 Å². The Bertz CT molecular complexity index is 229. The van der Waals surface area contributed by atoms with Gasteiger partial charge in [0.05, 0.1) is 15.4 Å². The Morgan fingerprint density at radius 3 is 2.08 bits per heavy atom. The van der Waals surface area contributed by atoms with E-state index in [9.17, 15) is 13.0 Å². The summed E-state index contributed by atoms with van der Waals surface area (Å²) in [4.78, 5) is 0. The summed E-state index contributed by atoms with van der Waals surface area (Å²) in [6, 6.07) is -0.439. The zero-order valence-electron chi connectivity index (χ0n) is 7.19. The quantitative estimate of drug-likeness (QED) is 0.358. The van der Waals surface area contributed by atoms with Gasteiger partial charge < -0.3 is 10.3 Å². The standard InChI is InChI=1S/C6H13NO3S.Na/c7-5-3-1-2-4-6(5)11(8,9)10;/h5-6H,1-4,7H2,(H,8,9,10);/q;+1/p-1/t5-,6-;/m0./s1. The second kappa shape index (κ2) is 4.93. The van der Waals surface area contributed by atoms with E-state index in [0.717, 1.165) is 12.8 Å². The Morgan fingerprint density at radius 1 is 1.25 bits per heavy atom. The van der Waals surface area contributed by atoms with E-state index in [1.807, 2.05) is 0 Å². The summed E-state index contributed by atoms with van der Waals surface area (Å²) in [7, 11) is -4.15. The van der Waals surface area contributed by atoms with Gasteiger partial charge in [-0.15, -0.1) is 0 Å². The van der Waals surface area contributed by atoms with Crippen LogP contribution in [0.1, 0.15) is 25.7 Å². The van der Waals surface area contributed by atoms with E-state index in [0.29, 0.717) is 12.8 Å². The van der Waals surface area contributed by atoms with Gasteiger partial charge in [-0.1, -0.05) is 12.8 Å². The van der Waals surface area contributed by atoms with Crippen molar-refractivity contribution in [2.75, 3.05) is 0 Å². The molecule has 0 heterocycles. The maximum Gasteiger partial charge on any atom is 1.00 e. The molecule has 0 unspecified atom stereocenters. The predicted octanol–water partition coefficient (Wildman–Crippen LogP) is -3.19. The van der Waals surface area contributed by atoms with Gasteiger partial charge in [0.1, 0.15) is 0 Å². The van der Waals surface area contributed by atoms with Crippen LogP contribution in [-0.2, 0) is 10.1 Å². The van der Waals surface area contributed by atoms with Crippen molar-refractivity contribution in [3.05, 3.63) is 0 Å². The van der Waals surface area contributed by atoms with Gasteiger partial charge in [-0.3, -0.25) is 0 Å². The van der Waals surface area contributed by atoms with Gasteiger partial charge in [0.2, 0.25) is 0 Å². The maximum absolute atomic E-state index is 10.6. The fourth-order valence-electron chi connectivity index (χ4n) is 1.48. The van der Waals surface area contributed by atoms with Crippen molar-refractivity contribution in [1.82, 2.24) is 0 Å². The first-order valence-electron chi connectivity index (χ1n) is 3.72. The van der Waals surface area contributed by atoms with Crippen LogP contribution >= 0.6 is 0 Å². The minimum Gasteiger partial charge on any atom is -0.748 e. The third-order valence-corrected chi connectivity index (χ3v) is 3.45.